The van der Waals surface area contributed by atoms with Gasteiger partial charge < -0.3 is 21.3 Å². The molecule has 4 aromatic carbocycles. The summed E-state index contributed by atoms with van der Waals surface area (Å²) in [7, 11) is 3.35. The fourth-order valence-corrected chi connectivity index (χ4v) is 5.34. The fourth-order valence-electron chi connectivity index (χ4n) is 5.34. The Balaban J connectivity index is 1.34. The molecule has 0 aromatic heterocycles. The van der Waals surface area contributed by atoms with Gasteiger partial charge >= 0.3 is 6.03 Å². The van der Waals surface area contributed by atoms with Gasteiger partial charge in [0.2, 0.25) is 0 Å². The van der Waals surface area contributed by atoms with Crippen molar-refractivity contribution in [3.63, 3.8) is 0 Å². The number of amides is 4. The van der Waals surface area contributed by atoms with Gasteiger partial charge in [0, 0.05) is 75.2 Å². The van der Waals surface area contributed by atoms with E-state index in [1.54, 1.807) is 38.5 Å². The first-order valence-corrected chi connectivity index (χ1v) is 14.2. The van der Waals surface area contributed by atoms with E-state index in [1.165, 1.54) is 14.7 Å². The molecule has 0 atom stereocenters. The Morgan fingerprint density at radius 1 is 0.744 bits per heavy atom. The summed E-state index contributed by atoms with van der Waals surface area (Å²) in [6, 6.07) is 26.5. The van der Waals surface area contributed by atoms with Crippen molar-refractivity contribution >= 4 is 40.0 Å². The first-order valence-electron chi connectivity index (χ1n) is 14.2. The Bertz CT molecular complexity index is 1610. The van der Waals surface area contributed by atoms with Crippen LogP contribution >= 0.6 is 0 Å². The molecule has 0 aliphatic carbocycles. The molecule has 4 aromatic rings. The molecule has 0 saturated carbocycles. The van der Waals surface area contributed by atoms with Gasteiger partial charge in [-0.3, -0.25) is 19.4 Å². The number of benzene rings is 4. The lowest BCUT2D eigenvalue weighted by Crippen LogP contribution is -2.40. The zero-order chi connectivity index (χ0) is 30.5. The number of carbonyl (C=O) groups excluding carboxylic acids is 3. The van der Waals surface area contributed by atoms with Crippen LogP contribution in [0.5, 0.6) is 0 Å². The van der Waals surface area contributed by atoms with Crippen molar-refractivity contribution in [3.8, 4) is 11.1 Å². The molecular formula is C34H36N6O3. The molecule has 0 fully saturated rings. The third-order valence-corrected chi connectivity index (χ3v) is 7.50. The monoisotopic (exact) mass is 576 g/mol. The average molecular weight is 577 g/mol. The Hall–Kier alpha value is -4.99. The summed E-state index contributed by atoms with van der Waals surface area (Å²) in [5, 5.41) is 1.54. The van der Waals surface area contributed by atoms with Crippen molar-refractivity contribution in [2.45, 2.75) is 0 Å². The van der Waals surface area contributed by atoms with E-state index in [-0.39, 0.29) is 24.4 Å². The molecule has 43 heavy (non-hydrogen) atoms. The Morgan fingerprint density at radius 2 is 1.26 bits per heavy atom. The Morgan fingerprint density at radius 3 is 1.74 bits per heavy atom. The second kappa shape index (κ2) is 12.9. The maximum Gasteiger partial charge on any atom is 0.328 e. The molecule has 9 nitrogen and oxygen atoms in total. The Labute approximate surface area is 251 Å². The van der Waals surface area contributed by atoms with E-state index in [0.717, 1.165) is 35.3 Å². The standard InChI is InChI=1S/C34H36N6O3/c1-37(2)34(43)39(20-5-21-40-32(41)29-8-3-6-26-7-4-9-30(31(26)29)33(40)42)28-16-12-25(13-17-28)24-10-14-27(15-11-24)38(22-18-35)23-19-36/h3-17,20H,18-19,21-23,35-36H2,1-2H3/b20-5+. The maximum atomic E-state index is 13.3. The van der Waals surface area contributed by atoms with E-state index >= 15 is 0 Å². The third kappa shape index (κ3) is 5.99. The van der Waals surface area contributed by atoms with Crippen molar-refractivity contribution in [2.24, 2.45) is 11.5 Å². The molecule has 4 N–H and O–H groups in total. The van der Waals surface area contributed by atoms with Crippen LogP contribution in [0.3, 0.4) is 0 Å². The minimum Gasteiger partial charge on any atom is -0.369 e. The number of carbonyl (C=O) groups is 3. The van der Waals surface area contributed by atoms with Crippen molar-refractivity contribution in [2.75, 3.05) is 56.6 Å². The molecule has 0 bridgehead atoms. The number of nitrogens with two attached hydrogens (primary N) is 2. The molecule has 0 saturated heterocycles. The van der Waals surface area contributed by atoms with Gasteiger partial charge in [-0.2, -0.15) is 0 Å². The van der Waals surface area contributed by atoms with Gasteiger partial charge in [-0.25, -0.2) is 4.79 Å². The summed E-state index contributed by atoms with van der Waals surface area (Å²) in [5.41, 5.74) is 16.3. The van der Waals surface area contributed by atoms with Crippen LogP contribution in [0.25, 0.3) is 21.9 Å². The molecule has 9 heteroatoms. The van der Waals surface area contributed by atoms with E-state index in [0.29, 0.717) is 35.3 Å². The smallest absolute Gasteiger partial charge is 0.328 e. The van der Waals surface area contributed by atoms with Crippen molar-refractivity contribution in [1.29, 1.82) is 0 Å². The van der Waals surface area contributed by atoms with Crippen LogP contribution in [-0.2, 0) is 0 Å². The summed E-state index contributed by atoms with van der Waals surface area (Å²) in [5.74, 6) is -0.706. The predicted octanol–water partition coefficient (Wildman–Crippen LogP) is 4.53. The van der Waals surface area contributed by atoms with Crippen LogP contribution in [-0.4, -0.2) is 74.5 Å². The van der Waals surface area contributed by atoms with Gasteiger partial charge in [-0.1, -0.05) is 48.5 Å². The summed E-state index contributed by atoms with van der Waals surface area (Å²) < 4.78 is 0. The predicted molar refractivity (Wildman–Crippen MR) is 172 cm³/mol. The van der Waals surface area contributed by atoms with E-state index in [4.69, 9.17) is 11.5 Å². The lowest BCUT2D eigenvalue weighted by atomic mass is 9.94. The Kier molecular flexibility index (Phi) is 8.85. The SMILES string of the molecule is CN(C)C(=O)N(/C=C/CN1C(=O)c2cccc3cccc(c23)C1=O)c1ccc(-c2ccc(N(CCN)CCN)cc2)cc1. The van der Waals surface area contributed by atoms with Gasteiger partial charge in [0.1, 0.15) is 0 Å². The fraction of sp³-hybridized carbons (Fsp3) is 0.206. The maximum absolute atomic E-state index is 13.3. The number of hydrogen-bond donors (Lipinski definition) is 2. The number of urea groups is 1. The van der Waals surface area contributed by atoms with Gasteiger partial charge in [-0.15, -0.1) is 0 Å². The number of imide groups is 1. The highest BCUT2D eigenvalue weighted by Gasteiger charge is 2.32. The lowest BCUT2D eigenvalue weighted by molar-refractivity contribution is 0.0628. The van der Waals surface area contributed by atoms with Crippen LogP contribution in [0.2, 0.25) is 0 Å². The molecule has 1 aliphatic rings. The summed E-state index contributed by atoms with van der Waals surface area (Å²) in [6.45, 7) is 2.59. The summed E-state index contributed by atoms with van der Waals surface area (Å²) in [4.78, 5) is 46.0. The summed E-state index contributed by atoms with van der Waals surface area (Å²) in [6.07, 6.45) is 3.27. The van der Waals surface area contributed by atoms with Crippen LogP contribution in [0.1, 0.15) is 20.7 Å². The highest BCUT2D eigenvalue weighted by atomic mass is 16.2. The molecule has 0 spiro atoms. The molecule has 220 valence electrons. The van der Waals surface area contributed by atoms with Gasteiger partial charge in [-0.05, 0) is 59.0 Å². The molecule has 5 rings (SSSR count). The molecule has 4 amide bonds. The van der Waals surface area contributed by atoms with Crippen LogP contribution in [0, 0.1) is 0 Å². The highest BCUT2D eigenvalue weighted by molar-refractivity contribution is 6.25. The molecule has 0 unspecified atom stereocenters. The topological polar surface area (TPSA) is 116 Å². The molecule has 0 radical (unpaired) electrons. The quantitative estimate of drug-likeness (QED) is 0.268. The number of hydrogen-bond acceptors (Lipinski definition) is 6. The third-order valence-electron chi connectivity index (χ3n) is 7.50. The van der Waals surface area contributed by atoms with E-state index < -0.39 is 0 Å². The van der Waals surface area contributed by atoms with E-state index in [1.807, 2.05) is 48.5 Å². The largest absolute Gasteiger partial charge is 0.369 e. The van der Waals surface area contributed by atoms with Crippen LogP contribution < -0.4 is 21.3 Å². The van der Waals surface area contributed by atoms with Crippen LogP contribution in [0.15, 0.2) is 97.2 Å². The number of nitrogens with zero attached hydrogens (tertiary/aromatic N) is 4. The first-order chi connectivity index (χ1) is 20.8. The van der Waals surface area contributed by atoms with Crippen molar-refractivity contribution in [3.05, 3.63) is 108 Å². The van der Waals surface area contributed by atoms with Gasteiger partial charge in [0.15, 0.2) is 0 Å². The minimum absolute atomic E-state index is 0.0232. The zero-order valence-corrected chi connectivity index (χ0v) is 24.4. The second-order valence-electron chi connectivity index (χ2n) is 10.5. The summed E-state index contributed by atoms with van der Waals surface area (Å²) >= 11 is 0. The lowest BCUT2D eigenvalue weighted by Gasteiger charge is -2.27. The van der Waals surface area contributed by atoms with Crippen molar-refractivity contribution in [1.82, 2.24) is 9.80 Å². The van der Waals surface area contributed by atoms with E-state index in [2.05, 4.69) is 29.2 Å². The highest BCUT2D eigenvalue weighted by Crippen LogP contribution is 2.30. The molecule has 1 aliphatic heterocycles. The first kappa shape index (κ1) is 29.5. The number of anilines is 2. The van der Waals surface area contributed by atoms with Gasteiger partial charge in [0.05, 0.1) is 5.69 Å². The van der Waals surface area contributed by atoms with Gasteiger partial charge in [0.25, 0.3) is 11.8 Å². The van der Waals surface area contributed by atoms with E-state index in [9.17, 15) is 14.4 Å². The normalized spacial score (nSPS) is 12.7. The van der Waals surface area contributed by atoms with Crippen molar-refractivity contribution < 1.29 is 14.4 Å². The molecule has 1 heterocycles. The second-order valence-corrected chi connectivity index (χ2v) is 10.5. The zero-order valence-electron chi connectivity index (χ0n) is 24.4. The number of rotatable bonds is 10. The minimum atomic E-state index is -0.353. The molecular weight excluding hydrogens is 540 g/mol. The van der Waals surface area contributed by atoms with Crippen LogP contribution in [0.4, 0.5) is 16.2 Å². The average Bonchev–Trinajstić information content (AvgIpc) is 3.03.